The molecule has 1 amide bonds. The van der Waals surface area contributed by atoms with Crippen LogP contribution in [0.4, 0.5) is 0 Å². The minimum Gasteiger partial charge on any atom is -0.394 e. The molecule has 0 aromatic carbocycles. The van der Waals surface area contributed by atoms with Gasteiger partial charge >= 0.3 is 0 Å². The summed E-state index contributed by atoms with van der Waals surface area (Å²) < 4.78 is 0. The van der Waals surface area contributed by atoms with E-state index >= 15 is 0 Å². The van der Waals surface area contributed by atoms with Gasteiger partial charge in [-0.2, -0.15) is 0 Å². The van der Waals surface area contributed by atoms with Crippen LogP contribution >= 0.6 is 0 Å². The lowest BCUT2D eigenvalue weighted by atomic mass is 10.1. The maximum absolute atomic E-state index is 12.2. The summed E-state index contributed by atoms with van der Waals surface area (Å²) in [4.78, 5) is 14.0. The van der Waals surface area contributed by atoms with Gasteiger partial charge in [0.1, 0.15) is 0 Å². The van der Waals surface area contributed by atoms with Gasteiger partial charge in [0.05, 0.1) is 12.6 Å². The first-order valence-corrected chi connectivity index (χ1v) is 6.29. The normalized spacial score (nSPS) is 23.1. The maximum atomic E-state index is 12.2. The smallest absolute Gasteiger partial charge is 0.249 e. The van der Waals surface area contributed by atoms with Crippen LogP contribution in [-0.2, 0) is 4.79 Å². The molecule has 0 aromatic heterocycles. The van der Waals surface area contributed by atoms with Crippen LogP contribution in [0.15, 0.2) is 11.6 Å². The van der Waals surface area contributed by atoms with Crippen molar-refractivity contribution in [3.63, 3.8) is 0 Å². The Morgan fingerprint density at radius 3 is 2.81 bits per heavy atom. The first-order valence-electron chi connectivity index (χ1n) is 6.29. The van der Waals surface area contributed by atoms with Crippen molar-refractivity contribution in [2.75, 3.05) is 13.2 Å². The van der Waals surface area contributed by atoms with Gasteiger partial charge in [0.2, 0.25) is 5.91 Å². The molecule has 1 aliphatic rings. The highest BCUT2D eigenvalue weighted by molar-refractivity contribution is 5.93. The number of rotatable bonds is 3. The summed E-state index contributed by atoms with van der Waals surface area (Å²) in [6, 6.07) is 0.0233. The van der Waals surface area contributed by atoms with Crippen molar-refractivity contribution in [2.24, 2.45) is 0 Å². The molecule has 1 rings (SSSR count). The number of carbonyl (C=O) groups is 1. The van der Waals surface area contributed by atoms with E-state index in [9.17, 15) is 9.90 Å². The highest BCUT2D eigenvalue weighted by Crippen LogP contribution is 2.18. The molecule has 0 aliphatic carbocycles. The lowest BCUT2D eigenvalue weighted by Gasteiger charge is -2.29. The Hall–Kier alpha value is -0.830. The minimum atomic E-state index is 0.0233. The molecule has 0 aromatic rings. The second-order valence-corrected chi connectivity index (χ2v) is 4.48. The third-order valence-corrected chi connectivity index (χ3v) is 3.20. The zero-order chi connectivity index (χ0) is 12.0. The molecule has 1 aliphatic heterocycles. The van der Waals surface area contributed by atoms with E-state index in [4.69, 9.17) is 0 Å². The Morgan fingerprint density at radius 1 is 1.44 bits per heavy atom. The Kier molecular flexibility index (Phi) is 5.53. The van der Waals surface area contributed by atoms with Crippen molar-refractivity contribution in [1.29, 1.82) is 0 Å². The first-order chi connectivity index (χ1) is 7.70. The summed E-state index contributed by atoms with van der Waals surface area (Å²) in [6.45, 7) is 4.78. The van der Waals surface area contributed by atoms with Gasteiger partial charge in [-0.3, -0.25) is 4.79 Å². The average Bonchev–Trinajstić information content (AvgIpc) is 2.53. The summed E-state index contributed by atoms with van der Waals surface area (Å²) in [5, 5.41) is 9.33. The van der Waals surface area contributed by atoms with Gasteiger partial charge in [-0.15, -0.1) is 0 Å². The van der Waals surface area contributed by atoms with E-state index in [0.29, 0.717) is 0 Å². The van der Waals surface area contributed by atoms with Crippen LogP contribution in [-0.4, -0.2) is 35.1 Å². The summed E-state index contributed by atoms with van der Waals surface area (Å²) >= 11 is 0. The highest BCUT2D eigenvalue weighted by Gasteiger charge is 2.25. The standard InChI is InChI=1S/C13H23NO2/c1-3-7-11(2)13(16)14-9-6-4-5-8-12(14)10-15/h7,12,15H,3-6,8-10H2,1-2H3/b11-7-. The molecule has 0 bridgehead atoms. The van der Waals surface area contributed by atoms with Gasteiger partial charge in [-0.25, -0.2) is 0 Å². The summed E-state index contributed by atoms with van der Waals surface area (Å²) in [7, 11) is 0. The molecule has 1 unspecified atom stereocenters. The van der Waals surface area contributed by atoms with Crippen LogP contribution in [0.3, 0.4) is 0 Å². The van der Waals surface area contributed by atoms with E-state index in [1.54, 1.807) is 0 Å². The molecule has 0 radical (unpaired) electrons. The van der Waals surface area contributed by atoms with Crippen LogP contribution in [0.2, 0.25) is 0 Å². The summed E-state index contributed by atoms with van der Waals surface area (Å²) in [6.07, 6.45) is 7.11. The van der Waals surface area contributed by atoms with Crippen molar-refractivity contribution in [2.45, 2.75) is 52.0 Å². The fourth-order valence-corrected chi connectivity index (χ4v) is 2.25. The fourth-order valence-electron chi connectivity index (χ4n) is 2.25. The SMILES string of the molecule is CC/C=C(/C)C(=O)N1CCCCCC1CO. The first kappa shape index (κ1) is 13.2. The molecule has 92 valence electrons. The van der Waals surface area contributed by atoms with Crippen LogP contribution in [0.1, 0.15) is 46.0 Å². The van der Waals surface area contributed by atoms with Gasteiger partial charge in [-0.05, 0) is 26.2 Å². The van der Waals surface area contributed by atoms with Gasteiger partial charge < -0.3 is 10.0 Å². The van der Waals surface area contributed by atoms with Gasteiger partial charge in [-0.1, -0.05) is 25.8 Å². The number of nitrogens with zero attached hydrogens (tertiary/aromatic N) is 1. The Morgan fingerprint density at radius 2 is 2.19 bits per heavy atom. The van der Waals surface area contributed by atoms with E-state index in [1.165, 1.54) is 0 Å². The largest absolute Gasteiger partial charge is 0.394 e. The Balaban J connectivity index is 2.73. The van der Waals surface area contributed by atoms with Gasteiger partial charge in [0.25, 0.3) is 0 Å². The van der Waals surface area contributed by atoms with E-state index < -0.39 is 0 Å². The highest BCUT2D eigenvalue weighted by atomic mass is 16.3. The van der Waals surface area contributed by atoms with Crippen LogP contribution in [0.25, 0.3) is 0 Å². The lowest BCUT2D eigenvalue weighted by Crippen LogP contribution is -2.42. The molecule has 16 heavy (non-hydrogen) atoms. The predicted molar refractivity (Wildman–Crippen MR) is 65.1 cm³/mol. The number of hydrogen-bond donors (Lipinski definition) is 1. The molecule has 1 fully saturated rings. The van der Waals surface area contributed by atoms with Crippen molar-refractivity contribution >= 4 is 5.91 Å². The second kappa shape index (κ2) is 6.69. The zero-order valence-corrected chi connectivity index (χ0v) is 10.4. The molecular formula is C13H23NO2. The van der Waals surface area contributed by atoms with E-state index in [1.807, 2.05) is 24.8 Å². The van der Waals surface area contributed by atoms with Crippen LogP contribution < -0.4 is 0 Å². The molecule has 1 atom stereocenters. The number of aliphatic hydroxyl groups excluding tert-OH is 1. The molecule has 1 N–H and O–H groups in total. The zero-order valence-electron chi connectivity index (χ0n) is 10.4. The number of amides is 1. The maximum Gasteiger partial charge on any atom is 0.249 e. The topological polar surface area (TPSA) is 40.5 Å². The van der Waals surface area contributed by atoms with E-state index in [0.717, 1.165) is 44.2 Å². The van der Waals surface area contributed by atoms with Crippen LogP contribution in [0, 0.1) is 0 Å². The van der Waals surface area contributed by atoms with Crippen molar-refractivity contribution < 1.29 is 9.90 Å². The number of allylic oxidation sites excluding steroid dienone is 1. The number of hydrogen-bond acceptors (Lipinski definition) is 2. The molecule has 1 heterocycles. The Labute approximate surface area is 98.1 Å². The monoisotopic (exact) mass is 225 g/mol. The number of aliphatic hydroxyl groups is 1. The van der Waals surface area contributed by atoms with Gasteiger partial charge in [0, 0.05) is 12.1 Å². The van der Waals surface area contributed by atoms with Gasteiger partial charge in [0.15, 0.2) is 0 Å². The molecule has 0 spiro atoms. The number of carbonyl (C=O) groups excluding carboxylic acids is 1. The van der Waals surface area contributed by atoms with Crippen molar-refractivity contribution in [3.8, 4) is 0 Å². The number of likely N-dealkylation sites (tertiary alicyclic amines) is 1. The Bertz CT molecular complexity index is 261. The average molecular weight is 225 g/mol. The predicted octanol–water partition coefficient (Wildman–Crippen LogP) is 2.11. The quantitative estimate of drug-likeness (QED) is 0.747. The van der Waals surface area contributed by atoms with E-state index in [2.05, 4.69) is 0 Å². The summed E-state index contributed by atoms with van der Waals surface area (Å²) in [5.74, 6) is 0.0998. The molecule has 3 heteroatoms. The van der Waals surface area contributed by atoms with Crippen LogP contribution in [0.5, 0.6) is 0 Å². The molecule has 3 nitrogen and oxygen atoms in total. The fraction of sp³-hybridized carbons (Fsp3) is 0.769. The summed E-state index contributed by atoms with van der Waals surface area (Å²) in [5.41, 5.74) is 0.808. The van der Waals surface area contributed by atoms with Crippen molar-refractivity contribution in [1.82, 2.24) is 4.90 Å². The van der Waals surface area contributed by atoms with E-state index in [-0.39, 0.29) is 18.6 Å². The minimum absolute atomic E-state index is 0.0233. The third kappa shape index (κ3) is 3.34. The molecule has 1 saturated heterocycles. The molecule has 0 saturated carbocycles. The van der Waals surface area contributed by atoms with Crippen molar-refractivity contribution in [3.05, 3.63) is 11.6 Å². The second-order valence-electron chi connectivity index (χ2n) is 4.48. The molecular weight excluding hydrogens is 202 g/mol. The lowest BCUT2D eigenvalue weighted by molar-refractivity contribution is -0.130. The third-order valence-electron chi connectivity index (χ3n) is 3.20.